The first-order valence-electron chi connectivity index (χ1n) is 11.3. The van der Waals surface area contributed by atoms with Crippen LogP contribution in [0, 0.1) is 5.92 Å². The van der Waals surface area contributed by atoms with Gasteiger partial charge in [0.2, 0.25) is 0 Å². The van der Waals surface area contributed by atoms with Gasteiger partial charge in [0.15, 0.2) is 5.96 Å². The van der Waals surface area contributed by atoms with Gasteiger partial charge in [0, 0.05) is 56.6 Å². The smallest absolute Gasteiger partial charge is 0.191 e. The van der Waals surface area contributed by atoms with Crippen LogP contribution in [0.5, 0.6) is 5.75 Å². The van der Waals surface area contributed by atoms with E-state index in [1.54, 1.807) is 7.11 Å². The lowest BCUT2D eigenvalue weighted by molar-refractivity contribution is -0.00683. The highest BCUT2D eigenvalue weighted by molar-refractivity contribution is 5.79. The molecule has 2 aliphatic rings. The molecule has 2 aliphatic heterocycles. The second-order valence-electron chi connectivity index (χ2n) is 8.79. The zero-order chi connectivity index (χ0) is 21.4. The van der Waals surface area contributed by atoms with E-state index in [0.717, 1.165) is 70.7 Å². The lowest BCUT2D eigenvalue weighted by atomic mass is 10.0. The van der Waals surface area contributed by atoms with E-state index >= 15 is 0 Å². The molecule has 7 heteroatoms. The van der Waals surface area contributed by atoms with Crippen molar-refractivity contribution in [1.29, 1.82) is 0 Å². The van der Waals surface area contributed by atoms with Gasteiger partial charge in [0.05, 0.1) is 26.9 Å². The van der Waals surface area contributed by atoms with E-state index in [-0.39, 0.29) is 5.54 Å². The molecule has 2 N–H and O–H groups in total. The summed E-state index contributed by atoms with van der Waals surface area (Å²) in [6.07, 6.45) is 1.18. The van der Waals surface area contributed by atoms with Gasteiger partial charge >= 0.3 is 0 Å². The minimum absolute atomic E-state index is 0.0304. The summed E-state index contributed by atoms with van der Waals surface area (Å²) in [5.41, 5.74) is 1.27. The van der Waals surface area contributed by atoms with Gasteiger partial charge in [-0.1, -0.05) is 6.07 Å². The number of methoxy groups -OCH3 is 1. The summed E-state index contributed by atoms with van der Waals surface area (Å²) < 4.78 is 10.9. The lowest BCUT2D eigenvalue weighted by Crippen LogP contribution is -2.52. The van der Waals surface area contributed by atoms with Crippen molar-refractivity contribution in [3.63, 3.8) is 0 Å². The summed E-state index contributed by atoms with van der Waals surface area (Å²) in [5, 5.41) is 6.98. The molecule has 2 fully saturated rings. The van der Waals surface area contributed by atoms with Gasteiger partial charge in [-0.05, 0) is 45.2 Å². The van der Waals surface area contributed by atoms with Gasteiger partial charge in [-0.3, -0.25) is 9.89 Å². The largest absolute Gasteiger partial charge is 0.497 e. The molecule has 3 rings (SSSR count). The Labute approximate surface area is 181 Å². The van der Waals surface area contributed by atoms with E-state index in [0.29, 0.717) is 5.92 Å². The van der Waals surface area contributed by atoms with Gasteiger partial charge in [0.1, 0.15) is 5.75 Å². The Morgan fingerprint density at radius 3 is 2.77 bits per heavy atom. The van der Waals surface area contributed by atoms with Gasteiger partial charge in [-0.25, -0.2) is 0 Å². The SMILES string of the molecule is CCNC(=NCC(C)(C)N1CCOCC1)NCC1CCN(c2cccc(OC)c2)C1. The predicted molar refractivity (Wildman–Crippen MR) is 124 cm³/mol. The quantitative estimate of drug-likeness (QED) is 0.499. The van der Waals surface area contributed by atoms with E-state index in [2.05, 4.69) is 59.4 Å². The molecule has 0 spiro atoms. The Bertz CT molecular complexity index is 688. The Morgan fingerprint density at radius 1 is 1.23 bits per heavy atom. The number of hydrogen-bond donors (Lipinski definition) is 2. The third-order valence-corrected chi connectivity index (χ3v) is 6.10. The topological polar surface area (TPSA) is 61.4 Å². The average molecular weight is 418 g/mol. The van der Waals surface area contributed by atoms with Crippen molar-refractivity contribution < 1.29 is 9.47 Å². The zero-order valence-corrected chi connectivity index (χ0v) is 19.1. The fourth-order valence-electron chi connectivity index (χ4n) is 4.16. The minimum atomic E-state index is 0.0304. The summed E-state index contributed by atoms with van der Waals surface area (Å²) in [6, 6.07) is 8.34. The maximum absolute atomic E-state index is 5.49. The Balaban J connectivity index is 1.51. The predicted octanol–water partition coefficient (Wildman–Crippen LogP) is 2.19. The normalized spacial score (nSPS) is 21.0. The van der Waals surface area contributed by atoms with E-state index in [9.17, 15) is 0 Å². The second kappa shape index (κ2) is 10.9. The molecule has 7 nitrogen and oxygen atoms in total. The maximum atomic E-state index is 5.49. The van der Waals surface area contributed by atoms with Crippen molar-refractivity contribution in [1.82, 2.24) is 15.5 Å². The Morgan fingerprint density at radius 2 is 2.03 bits per heavy atom. The van der Waals surface area contributed by atoms with Crippen molar-refractivity contribution in [3.8, 4) is 5.75 Å². The number of hydrogen-bond acceptors (Lipinski definition) is 5. The monoisotopic (exact) mass is 417 g/mol. The van der Waals surface area contributed by atoms with Gasteiger partial charge < -0.3 is 25.0 Å². The average Bonchev–Trinajstić information content (AvgIpc) is 3.25. The van der Waals surface area contributed by atoms with E-state index < -0.39 is 0 Å². The highest BCUT2D eigenvalue weighted by atomic mass is 16.5. The van der Waals surface area contributed by atoms with Crippen LogP contribution in [0.25, 0.3) is 0 Å². The fourth-order valence-corrected chi connectivity index (χ4v) is 4.16. The molecule has 1 aromatic carbocycles. The van der Waals surface area contributed by atoms with E-state index in [4.69, 9.17) is 14.5 Å². The van der Waals surface area contributed by atoms with Crippen LogP contribution in [0.1, 0.15) is 27.2 Å². The number of guanidine groups is 1. The molecule has 2 saturated heterocycles. The zero-order valence-electron chi connectivity index (χ0n) is 19.1. The first-order chi connectivity index (χ1) is 14.5. The summed E-state index contributed by atoms with van der Waals surface area (Å²) in [4.78, 5) is 9.83. The first kappa shape index (κ1) is 22.7. The molecule has 1 aromatic rings. The molecule has 1 atom stereocenters. The van der Waals surface area contributed by atoms with Crippen LogP contribution in [-0.2, 0) is 4.74 Å². The molecule has 30 heavy (non-hydrogen) atoms. The Kier molecular flexibility index (Phi) is 8.22. The molecule has 0 aliphatic carbocycles. The number of nitrogens with one attached hydrogen (secondary N) is 2. The highest BCUT2D eigenvalue weighted by Gasteiger charge is 2.28. The highest BCUT2D eigenvalue weighted by Crippen LogP contribution is 2.26. The van der Waals surface area contributed by atoms with Gasteiger partial charge in [0.25, 0.3) is 0 Å². The number of ether oxygens (including phenoxy) is 2. The molecular weight excluding hydrogens is 378 g/mol. The van der Waals surface area contributed by atoms with Crippen LogP contribution in [0.3, 0.4) is 0 Å². The van der Waals surface area contributed by atoms with E-state index in [1.165, 1.54) is 12.1 Å². The number of benzene rings is 1. The van der Waals surface area contributed by atoms with Crippen molar-refractivity contribution in [2.24, 2.45) is 10.9 Å². The molecule has 2 heterocycles. The summed E-state index contributed by atoms with van der Waals surface area (Å²) >= 11 is 0. The summed E-state index contributed by atoms with van der Waals surface area (Å²) in [5.74, 6) is 2.43. The molecule has 0 amide bonds. The lowest BCUT2D eigenvalue weighted by Gasteiger charge is -2.39. The van der Waals surface area contributed by atoms with Crippen LogP contribution >= 0.6 is 0 Å². The third-order valence-electron chi connectivity index (χ3n) is 6.10. The van der Waals surface area contributed by atoms with Gasteiger partial charge in [-0.15, -0.1) is 0 Å². The van der Waals surface area contributed by atoms with Gasteiger partial charge in [-0.2, -0.15) is 0 Å². The summed E-state index contributed by atoms with van der Waals surface area (Å²) in [7, 11) is 1.72. The number of aliphatic imine (C=N–C) groups is 1. The molecular formula is C23H39N5O2. The Hall–Kier alpha value is -1.99. The van der Waals surface area contributed by atoms with Crippen LogP contribution < -0.4 is 20.3 Å². The van der Waals surface area contributed by atoms with Crippen molar-refractivity contribution in [2.45, 2.75) is 32.7 Å². The molecule has 0 aromatic heterocycles. The molecule has 0 saturated carbocycles. The molecule has 0 bridgehead atoms. The second-order valence-corrected chi connectivity index (χ2v) is 8.79. The van der Waals surface area contributed by atoms with Crippen molar-refractivity contribution in [3.05, 3.63) is 24.3 Å². The first-order valence-corrected chi connectivity index (χ1v) is 11.3. The molecule has 1 unspecified atom stereocenters. The van der Waals surface area contributed by atoms with Crippen molar-refractivity contribution >= 4 is 11.6 Å². The van der Waals surface area contributed by atoms with Crippen LogP contribution in [0.4, 0.5) is 5.69 Å². The van der Waals surface area contributed by atoms with Crippen LogP contribution in [0.2, 0.25) is 0 Å². The minimum Gasteiger partial charge on any atom is -0.497 e. The van der Waals surface area contributed by atoms with Crippen LogP contribution in [-0.4, -0.2) is 82.5 Å². The van der Waals surface area contributed by atoms with E-state index in [1.807, 2.05) is 6.07 Å². The number of rotatable bonds is 8. The third kappa shape index (κ3) is 6.25. The van der Waals surface area contributed by atoms with Crippen molar-refractivity contribution in [2.75, 3.05) is 71.0 Å². The number of nitrogens with zero attached hydrogens (tertiary/aromatic N) is 3. The number of morpholine rings is 1. The molecule has 0 radical (unpaired) electrons. The number of anilines is 1. The molecule has 168 valence electrons. The summed E-state index contributed by atoms with van der Waals surface area (Å²) in [6.45, 7) is 15.0. The maximum Gasteiger partial charge on any atom is 0.191 e. The van der Waals surface area contributed by atoms with Crippen LogP contribution in [0.15, 0.2) is 29.3 Å². The fraction of sp³-hybridized carbons (Fsp3) is 0.696. The standard InChI is InChI=1S/C23H39N5O2/c1-5-24-22(26-18-23(2,3)28-11-13-30-14-12-28)25-16-19-9-10-27(17-19)20-7-6-8-21(15-20)29-4/h6-8,15,19H,5,9-14,16-18H2,1-4H3,(H2,24,25,26).